The molecule has 2 aromatic heterocycles. The summed E-state index contributed by atoms with van der Waals surface area (Å²) in [5.74, 6) is -1.38. The summed E-state index contributed by atoms with van der Waals surface area (Å²) in [5, 5.41) is 2.33. The van der Waals surface area contributed by atoms with Crippen LogP contribution >= 0.6 is 0 Å². The number of aromatic nitrogens is 2. The molecule has 4 rings (SSSR count). The Hall–Kier alpha value is -3.88. The van der Waals surface area contributed by atoms with Crippen molar-refractivity contribution in [3.05, 3.63) is 83.2 Å². The zero-order chi connectivity index (χ0) is 23.8. The predicted molar refractivity (Wildman–Crippen MR) is 114 cm³/mol. The first-order chi connectivity index (χ1) is 15.6. The molecule has 1 amide bonds. The van der Waals surface area contributed by atoms with E-state index in [0.717, 1.165) is 17.5 Å². The van der Waals surface area contributed by atoms with Gasteiger partial charge in [0.15, 0.2) is 5.78 Å². The van der Waals surface area contributed by atoms with E-state index in [1.54, 1.807) is 18.3 Å². The van der Waals surface area contributed by atoms with Gasteiger partial charge in [-0.05, 0) is 42.3 Å². The fourth-order valence-corrected chi connectivity index (χ4v) is 3.60. The fraction of sp³-hybridized carbons (Fsp3) is 0.167. The van der Waals surface area contributed by atoms with Crippen molar-refractivity contribution in [3.8, 4) is 11.1 Å². The second kappa shape index (κ2) is 8.57. The number of halogens is 4. The van der Waals surface area contributed by atoms with Crippen molar-refractivity contribution in [2.75, 3.05) is 5.32 Å². The number of carbonyl (C=O) groups excluding carboxylic acids is 2. The quantitative estimate of drug-likeness (QED) is 0.549. The van der Waals surface area contributed by atoms with E-state index in [4.69, 9.17) is 0 Å². The van der Waals surface area contributed by atoms with E-state index in [1.807, 2.05) is 6.08 Å². The lowest BCUT2D eigenvalue weighted by Gasteiger charge is -2.10. The fourth-order valence-electron chi connectivity index (χ4n) is 3.60. The van der Waals surface area contributed by atoms with Crippen LogP contribution < -0.4 is 5.32 Å². The summed E-state index contributed by atoms with van der Waals surface area (Å²) in [6.45, 7) is 1.48. The Labute approximate surface area is 186 Å². The third-order valence-electron chi connectivity index (χ3n) is 5.21. The second-order valence-corrected chi connectivity index (χ2v) is 7.56. The zero-order valence-electron chi connectivity index (χ0n) is 17.3. The van der Waals surface area contributed by atoms with Gasteiger partial charge in [-0.1, -0.05) is 18.2 Å². The molecule has 1 N–H and O–H groups in total. The third kappa shape index (κ3) is 4.82. The number of nitrogens with one attached hydrogen (secondary N) is 1. The number of allylic oxidation sites excluding steroid dienone is 2. The van der Waals surface area contributed by atoms with Gasteiger partial charge in [-0.15, -0.1) is 0 Å². The highest BCUT2D eigenvalue weighted by Crippen LogP contribution is 2.32. The predicted octanol–water partition coefficient (Wildman–Crippen LogP) is 5.01. The minimum atomic E-state index is -4.64. The van der Waals surface area contributed by atoms with Crippen molar-refractivity contribution in [2.45, 2.75) is 25.9 Å². The lowest BCUT2D eigenvalue weighted by Crippen LogP contribution is -2.16. The number of rotatable bonds is 5. The van der Waals surface area contributed by atoms with Crippen molar-refractivity contribution >= 4 is 23.0 Å². The number of amides is 1. The number of nitrogens with zero attached hydrogens (tertiary/aromatic N) is 2. The van der Waals surface area contributed by atoms with Gasteiger partial charge in [0.2, 0.25) is 5.91 Å². The number of benzene rings is 1. The molecule has 0 fully saturated rings. The van der Waals surface area contributed by atoms with E-state index in [9.17, 15) is 27.2 Å². The highest BCUT2D eigenvalue weighted by molar-refractivity contribution is 6.21. The Kier molecular flexibility index (Phi) is 5.80. The van der Waals surface area contributed by atoms with E-state index in [2.05, 4.69) is 15.3 Å². The molecule has 0 spiro atoms. The SMILES string of the molecule is CC(=O)C1=CCc2ncc(-c3ccc(CC(=O)Nc4ccnc(C(F)(F)F)c4)c(F)c3)cc21. The van der Waals surface area contributed by atoms with Gasteiger partial charge in [-0.25, -0.2) is 4.39 Å². The molecule has 33 heavy (non-hydrogen) atoms. The number of alkyl halides is 3. The summed E-state index contributed by atoms with van der Waals surface area (Å²) >= 11 is 0. The van der Waals surface area contributed by atoms with E-state index < -0.39 is 23.6 Å². The Morgan fingerprint density at radius 2 is 1.85 bits per heavy atom. The normalized spacial score (nSPS) is 12.8. The average Bonchev–Trinajstić information content (AvgIpc) is 3.18. The molecule has 1 aliphatic carbocycles. The number of hydrogen-bond donors (Lipinski definition) is 1. The first-order valence-corrected chi connectivity index (χ1v) is 9.94. The summed E-state index contributed by atoms with van der Waals surface area (Å²) < 4.78 is 53.0. The van der Waals surface area contributed by atoms with Gasteiger partial charge in [0.25, 0.3) is 0 Å². The van der Waals surface area contributed by atoms with Gasteiger partial charge in [-0.2, -0.15) is 13.2 Å². The molecule has 0 aliphatic heterocycles. The lowest BCUT2D eigenvalue weighted by molar-refractivity contribution is -0.141. The largest absolute Gasteiger partial charge is 0.433 e. The molecule has 0 saturated carbocycles. The van der Waals surface area contributed by atoms with Gasteiger partial charge < -0.3 is 5.32 Å². The highest BCUT2D eigenvalue weighted by atomic mass is 19.4. The summed E-state index contributed by atoms with van der Waals surface area (Å²) in [6, 6.07) is 8.03. The molecule has 168 valence electrons. The molecule has 9 heteroatoms. The Morgan fingerprint density at radius 1 is 1.06 bits per heavy atom. The number of pyridine rings is 2. The first kappa shape index (κ1) is 22.3. The molecule has 5 nitrogen and oxygen atoms in total. The molecule has 0 radical (unpaired) electrons. The van der Waals surface area contributed by atoms with Crippen molar-refractivity contribution < 1.29 is 27.2 Å². The maximum absolute atomic E-state index is 14.7. The number of fused-ring (bicyclic) bond motifs is 1. The zero-order valence-corrected chi connectivity index (χ0v) is 17.3. The van der Waals surface area contributed by atoms with Crippen LogP contribution in [-0.2, 0) is 28.6 Å². The Morgan fingerprint density at radius 3 is 2.55 bits per heavy atom. The van der Waals surface area contributed by atoms with Crippen LogP contribution in [0.5, 0.6) is 0 Å². The minimum absolute atomic E-state index is 0.0724. The maximum atomic E-state index is 14.7. The maximum Gasteiger partial charge on any atom is 0.433 e. The van der Waals surface area contributed by atoms with Crippen LogP contribution in [0, 0.1) is 5.82 Å². The minimum Gasteiger partial charge on any atom is -0.326 e. The summed E-state index contributed by atoms with van der Waals surface area (Å²) in [7, 11) is 0. The molecule has 2 heterocycles. The number of ketones is 1. The number of Topliss-reactive ketones (excluding diaryl/α,β-unsaturated/α-hetero) is 1. The standard InChI is InChI=1S/C24H17F4N3O2/c1-13(32)18-4-5-21-19(18)8-16(12-30-21)14-2-3-15(20(25)9-14)10-23(33)31-17-6-7-29-22(11-17)24(26,27)28/h2-4,6-9,11-12H,5,10H2,1H3,(H,29,31,33). The van der Waals surface area contributed by atoms with Gasteiger partial charge in [-0.3, -0.25) is 19.6 Å². The smallest absolute Gasteiger partial charge is 0.326 e. The van der Waals surface area contributed by atoms with Crippen molar-refractivity contribution in [1.82, 2.24) is 9.97 Å². The topological polar surface area (TPSA) is 72.0 Å². The van der Waals surface area contributed by atoms with E-state index in [-0.39, 0.29) is 23.5 Å². The highest BCUT2D eigenvalue weighted by Gasteiger charge is 2.32. The number of carbonyl (C=O) groups is 2. The number of hydrogen-bond acceptors (Lipinski definition) is 4. The molecule has 1 aliphatic rings. The van der Waals surface area contributed by atoms with Crippen LogP contribution in [0.15, 0.2) is 54.9 Å². The third-order valence-corrected chi connectivity index (χ3v) is 5.21. The van der Waals surface area contributed by atoms with E-state index in [1.165, 1.54) is 25.1 Å². The number of anilines is 1. The molecule has 1 aromatic carbocycles. The van der Waals surface area contributed by atoms with Crippen molar-refractivity contribution in [3.63, 3.8) is 0 Å². The van der Waals surface area contributed by atoms with E-state index >= 15 is 0 Å². The van der Waals surface area contributed by atoms with Crippen LogP contribution in [0.4, 0.5) is 23.2 Å². The monoisotopic (exact) mass is 455 g/mol. The van der Waals surface area contributed by atoms with Crippen LogP contribution in [0.1, 0.15) is 29.4 Å². The van der Waals surface area contributed by atoms with Crippen LogP contribution in [0.2, 0.25) is 0 Å². The van der Waals surface area contributed by atoms with Crippen LogP contribution in [-0.4, -0.2) is 21.7 Å². The Balaban J connectivity index is 1.50. The van der Waals surface area contributed by atoms with Gasteiger partial charge in [0.1, 0.15) is 11.5 Å². The molecule has 0 saturated heterocycles. The summed E-state index contributed by atoms with van der Waals surface area (Å²) in [5.41, 5.74) is 2.08. The second-order valence-electron chi connectivity index (χ2n) is 7.56. The Bertz CT molecular complexity index is 1300. The first-order valence-electron chi connectivity index (χ1n) is 9.94. The summed E-state index contributed by atoms with van der Waals surface area (Å²) in [4.78, 5) is 31.6. The molecule has 0 bridgehead atoms. The van der Waals surface area contributed by atoms with Crippen molar-refractivity contribution in [2.24, 2.45) is 0 Å². The summed E-state index contributed by atoms with van der Waals surface area (Å²) in [6.07, 6.45) is -0.101. The van der Waals surface area contributed by atoms with Gasteiger partial charge in [0.05, 0.1) is 12.1 Å². The van der Waals surface area contributed by atoms with Crippen molar-refractivity contribution in [1.29, 1.82) is 0 Å². The van der Waals surface area contributed by atoms with Crippen LogP contribution in [0.25, 0.3) is 16.7 Å². The average molecular weight is 455 g/mol. The van der Waals surface area contributed by atoms with E-state index in [0.29, 0.717) is 29.2 Å². The molecule has 0 unspecified atom stereocenters. The molecular weight excluding hydrogens is 438 g/mol. The molecule has 3 aromatic rings. The van der Waals surface area contributed by atoms with Gasteiger partial charge in [0, 0.05) is 41.2 Å². The molecular formula is C24H17F4N3O2. The molecule has 0 atom stereocenters. The lowest BCUT2D eigenvalue weighted by atomic mass is 9.99. The van der Waals surface area contributed by atoms with Crippen LogP contribution in [0.3, 0.4) is 0 Å². The van der Waals surface area contributed by atoms with Gasteiger partial charge >= 0.3 is 6.18 Å².